The maximum atomic E-state index is 12.5. The van der Waals surface area contributed by atoms with Crippen LogP contribution in [0.5, 0.6) is 0 Å². The number of amides is 2. The Morgan fingerprint density at radius 1 is 1.21 bits per heavy atom. The van der Waals surface area contributed by atoms with E-state index in [0.29, 0.717) is 18.2 Å². The molecule has 1 heterocycles. The topological polar surface area (TPSA) is 76.0 Å². The Morgan fingerprint density at radius 3 is 2.62 bits per heavy atom. The molecule has 1 fully saturated rings. The standard InChI is InChI=1S/C18H22N4O2/c1-2-10-19-17(23)12-20-18(24)16-11-15(13-8-9-13)21-22(16)14-6-4-3-5-7-14/h3-7,11,13H,2,8-10,12H2,1H3,(H,19,23)(H,20,24). The van der Waals surface area contributed by atoms with Gasteiger partial charge in [-0.2, -0.15) is 5.10 Å². The van der Waals surface area contributed by atoms with Crippen molar-refractivity contribution in [1.82, 2.24) is 20.4 Å². The van der Waals surface area contributed by atoms with E-state index in [1.165, 1.54) is 0 Å². The predicted molar refractivity (Wildman–Crippen MR) is 91.2 cm³/mol. The lowest BCUT2D eigenvalue weighted by Crippen LogP contribution is -2.37. The van der Waals surface area contributed by atoms with Crippen molar-refractivity contribution in [2.24, 2.45) is 0 Å². The van der Waals surface area contributed by atoms with Crippen LogP contribution < -0.4 is 10.6 Å². The van der Waals surface area contributed by atoms with Gasteiger partial charge in [0.2, 0.25) is 5.91 Å². The van der Waals surface area contributed by atoms with Crippen LogP contribution in [0.4, 0.5) is 0 Å². The van der Waals surface area contributed by atoms with Gasteiger partial charge in [0.1, 0.15) is 5.69 Å². The lowest BCUT2D eigenvalue weighted by Gasteiger charge is -2.08. The van der Waals surface area contributed by atoms with E-state index in [1.54, 1.807) is 4.68 Å². The first-order valence-corrected chi connectivity index (χ1v) is 8.39. The number of hydrogen-bond acceptors (Lipinski definition) is 3. The van der Waals surface area contributed by atoms with Gasteiger partial charge in [0.15, 0.2) is 0 Å². The second-order valence-corrected chi connectivity index (χ2v) is 6.01. The number of hydrogen-bond donors (Lipinski definition) is 2. The third-order valence-corrected chi connectivity index (χ3v) is 3.94. The highest BCUT2D eigenvalue weighted by atomic mass is 16.2. The van der Waals surface area contributed by atoms with Crippen LogP contribution in [0.25, 0.3) is 5.69 Å². The number of para-hydroxylation sites is 1. The summed E-state index contributed by atoms with van der Waals surface area (Å²) in [7, 11) is 0. The van der Waals surface area contributed by atoms with Crippen LogP contribution >= 0.6 is 0 Å². The molecule has 1 saturated carbocycles. The molecular formula is C18H22N4O2. The van der Waals surface area contributed by atoms with E-state index >= 15 is 0 Å². The smallest absolute Gasteiger partial charge is 0.270 e. The van der Waals surface area contributed by atoms with Gasteiger partial charge in [-0.05, 0) is 37.5 Å². The van der Waals surface area contributed by atoms with Gasteiger partial charge in [0, 0.05) is 12.5 Å². The predicted octanol–water partition coefficient (Wildman–Crippen LogP) is 2.01. The molecule has 3 rings (SSSR count). The van der Waals surface area contributed by atoms with Crippen LogP contribution in [0.15, 0.2) is 36.4 Å². The minimum Gasteiger partial charge on any atom is -0.355 e. The van der Waals surface area contributed by atoms with Crippen LogP contribution in [0.1, 0.15) is 48.3 Å². The van der Waals surface area contributed by atoms with Gasteiger partial charge >= 0.3 is 0 Å². The highest BCUT2D eigenvalue weighted by molar-refractivity contribution is 5.95. The molecule has 0 saturated heterocycles. The molecule has 2 aromatic rings. The largest absolute Gasteiger partial charge is 0.355 e. The number of nitrogens with zero attached hydrogens (tertiary/aromatic N) is 2. The molecule has 0 aliphatic heterocycles. The fourth-order valence-electron chi connectivity index (χ4n) is 2.48. The van der Waals surface area contributed by atoms with Crippen molar-refractivity contribution in [2.45, 2.75) is 32.1 Å². The highest BCUT2D eigenvalue weighted by Crippen LogP contribution is 2.39. The van der Waals surface area contributed by atoms with Crippen molar-refractivity contribution in [3.8, 4) is 5.69 Å². The summed E-state index contributed by atoms with van der Waals surface area (Å²) in [6.45, 7) is 2.57. The monoisotopic (exact) mass is 326 g/mol. The van der Waals surface area contributed by atoms with Crippen molar-refractivity contribution >= 4 is 11.8 Å². The highest BCUT2D eigenvalue weighted by Gasteiger charge is 2.29. The van der Waals surface area contributed by atoms with Gasteiger partial charge in [-0.3, -0.25) is 9.59 Å². The van der Waals surface area contributed by atoms with E-state index in [1.807, 2.05) is 43.3 Å². The molecule has 0 radical (unpaired) electrons. The van der Waals surface area contributed by atoms with E-state index in [2.05, 4.69) is 15.7 Å². The quantitative estimate of drug-likeness (QED) is 0.817. The molecule has 126 valence electrons. The van der Waals surface area contributed by atoms with Crippen molar-refractivity contribution in [2.75, 3.05) is 13.1 Å². The number of rotatable bonds is 7. The molecule has 1 aromatic heterocycles. The van der Waals surface area contributed by atoms with E-state index in [9.17, 15) is 9.59 Å². The van der Waals surface area contributed by atoms with Crippen molar-refractivity contribution in [3.63, 3.8) is 0 Å². The number of benzene rings is 1. The Bertz CT molecular complexity index is 720. The van der Waals surface area contributed by atoms with Crippen LogP contribution in [0.3, 0.4) is 0 Å². The normalized spacial score (nSPS) is 13.5. The van der Waals surface area contributed by atoms with Crippen LogP contribution in [0, 0.1) is 0 Å². The van der Waals surface area contributed by atoms with Gasteiger partial charge < -0.3 is 10.6 Å². The molecule has 2 amide bonds. The van der Waals surface area contributed by atoms with Gasteiger partial charge in [-0.15, -0.1) is 0 Å². The Labute approximate surface area is 141 Å². The van der Waals surface area contributed by atoms with Crippen molar-refractivity contribution < 1.29 is 9.59 Å². The first kappa shape index (κ1) is 16.2. The third-order valence-electron chi connectivity index (χ3n) is 3.94. The summed E-state index contributed by atoms with van der Waals surface area (Å²) in [5, 5.41) is 10.0. The van der Waals surface area contributed by atoms with E-state index in [4.69, 9.17) is 0 Å². The fourth-order valence-corrected chi connectivity index (χ4v) is 2.48. The summed E-state index contributed by atoms with van der Waals surface area (Å²) in [6, 6.07) is 11.4. The summed E-state index contributed by atoms with van der Waals surface area (Å²) < 4.78 is 1.66. The SMILES string of the molecule is CCCNC(=O)CNC(=O)c1cc(C2CC2)nn1-c1ccccc1. The molecule has 0 bridgehead atoms. The maximum absolute atomic E-state index is 12.5. The zero-order chi connectivity index (χ0) is 16.9. The summed E-state index contributed by atoms with van der Waals surface area (Å²) in [6.07, 6.45) is 3.10. The average Bonchev–Trinajstić information content (AvgIpc) is 3.37. The zero-order valence-corrected chi connectivity index (χ0v) is 13.8. The van der Waals surface area contributed by atoms with E-state index in [0.717, 1.165) is 30.6 Å². The van der Waals surface area contributed by atoms with Gasteiger partial charge in [0.25, 0.3) is 5.91 Å². The van der Waals surface area contributed by atoms with Crippen LogP contribution in [-0.4, -0.2) is 34.7 Å². The van der Waals surface area contributed by atoms with Gasteiger partial charge in [-0.25, -0.2) is 4.68 Å². The molecule has 6 nitrogen and oxygen atoms in total. The molecule has 1 aliphatic carbocycles. The number of nitrogens with one attached hydrogen (secondary N) is 2. The minimum atomic E-state index is -0.287. The molecule has 0 unspecified atom stereocenters. The third kappa shape index (κ3) is 3.82. The maximum Gasteiger partial charge on any atom is 0.270 e. The van der Waals surface area contributed by atoms with E-state index < -0.39 is 0 Å². The van der Waals surface area contributed by atoms with E-state index in [-0.39, 0.29) is 18.4 Å². The average molecular weight is 326 g/mol. The first-order chi connectivity index (χ1) is 11.7. The number of aromatic nitrogens is 2. The molecule has 0 spiro atoms. The van der Waals surface area contributed by atoms with Crippen LogP contribution in [-0.2, 0) is 4.79 Å². The van der Waals surface area contributed by atoms with Crippen molar-refractivity contribution in [3.05, 3.63) is 47.8 Å². The second-order valence-electron chi connectivity index (χ2n) is 6.01. The summed E-state index contributed by atoms with van der Waals surface area (Å²) in [4.78, 5) is 24.2. The summed E-state index contributed by atoms with van der Waals surface area (Å²) >= 11 is 0. The molecule has 6 heteroatoms. The van der Waals surface area contributed by atoms with Gasteiger partial charge in [-0.1, -0.05) is 25.1 Å². The number of carbonyl (C=O) groups excluding carboxylic acids is 2. The van der Waals surface area contributed by atoms with Crippen LogP contribution in [0.2, 0.25) is 0 Å². The fraction of sp³-hybridized carbons (Fsp3) is 0.389. The molecule has 1 aliphatic rings. The first-order valence-electron chi connectivity index (χ1n) is 8.39. The van der Waals surface area contributed by atoms with Gasteiger partial charge in [0.05, 0.1) is 17.9 Å². The number of carbonyl (C=O) groups is 2. The lowest BCUT2D eigenvalue weighted by atomic mass is 10.2. The molecular weight excluding hydrogens is 304 g/mol. The Balaban J connectivity index is 1.76. The summed E-state index contributed by atoms with van der Waals surface area (Å²) in [5.41, 5.74) is 2.25. The summed E-state index contributed by atoms with van der Waals surface area (Å²) in [5.74, 6) is -0.0161. The Kier molecular flexibility index (Phi) is 4.93. The lowest BCUT2D eigenvalue weighted by molar-refractivity contribution is -0.120. The second kappa shape index (κ2) is 7.29. The van der Waals surface area contributed by atoms with Crippen molar-refractivity contribution in [1.29, 1.82) is 0 Å². The minimum absolute atomic E-state index is 0.0302. The molecule has 1 aromatic carbocycles. The zero-order valence-electron chi connectivity index (χ0n) is 13.8. The Morgan fingerprint density at radius 2 is 1.96 bits per heavy atom. The Hall–Kier alpha value is -2.63. The molecule has 2 N–H and O–H groups in total. The molecule has 24 heavy (non-hydrogen) atoms. The molecule has 0 atom stereocenters.